The molecule has 3 aromatic rings. The largest absolute Gasteiger partial charge is 0.489 e. The smallest absolute Gasteiger partial charge is 0.240 e. The Labute approximate surface area is 155 Å². The van der Waals surface area contributed by atoms with Gasteiger partial charge in [-0.15, -0.1) is 0 Å². The van der Waals surface area contributed by atoms with Gasteiger partial charge >= 0.3 is 0 Å². The van der Waals surface area contributed by atoms with E-state index in [0.29, 0.717) is 36.3 Å². The second-order valence-electron chi connectivity index (χ2n) is 6.08. The summed E-state index contributed by atoms with van der Waals surface area (Å²) in [7, 11) is 0. The fourth-order valence-electron chi connectivity index (χ4n) is 2.89. The van der Waals surface area contributed by atoms with Crippen LogP contribution in [0.2, 0.25) is 5.02 Å². The van der Waals surface area contributed by atoms with E-state index in [0.717, 1.165) is 23.0 Å². The topological polar surface area (TPSA) is 65.4 Å². The van der Waals surface area contributed by atoms with Gasteiger partial charge in [0, 0.05) is 30.1 Å². The van der Waals surface area contributed by atoms with Crippen molar-refractivity contribution < 1.29 is 14.3 Å². The molecule has 26 heavy (non-hydrogen) atoms. The third kappa shape index (κ3) is 3.46. The van der Waals surface area contributed by atoms with Crippen LogP contribution in [-0.4, -0.2) is 28.7 Å². The molecule has 0 fully saturated rings. The number of imidazole rings is 1. The zero-order valence-electron chi connectivity index (χ0n) is 14.1. The first kappa shape index (κ1) is 16.7. The van der Waals surface area contributed by atoms with Crippen molar-refractivity contribution in [1.82, 2.24) is 14.9 Å². The minimum atomic E-state index is -0.115. The normalized spacial score (nSPS) is 13.4. The molecule has 0 atom stereocenters. The van der Waals surface area contributed by atoms with Gasteiger partial charge in [-0.2, -0.15) is 0 Å². The predicted octanol–water partition coefficient (Wildman–Crippen LogP) is 3.17. The summed E-state index contributed by atoms with van der Waals surface area (Å²) >= 11 is 6.12. The third-order valence-electron chi connectivity index (χ3n) is 4.24. The van der Waals surface area contributed by atoms with Gasteiger partial charge in [-0.3, -0.25) is 4.79 Å². The zero-order valence-corrected chi connectivity index (χ0v) is 14.8. The second kappa shape index (κ2) is 7.25. The number of amides is 1. The molecule has 134 valence electrons. The van der Waals surface area contributed by atoms with Crippen LogP contribution in [0.3, 0.4) is 0 Å². The summed E-state index contributed by atoms with van der Waals surface area (Å²) in [5, 5.41) is 3.53. The lowest BCUT2D eigenvalue weighted by Gasteiger charge is -2.10. The minimum absolute atomic E-state index is 0.115. The summed E-state index contributed by atoms with van der Waals surface area (Å²) in [6, 6.07) is 11.2. The van der Waals surface area contributed by atoms with Crippen molar-refractivity contribution in [3.8, 4) is 11.5 Å². The molecule has 0 spiro atoms. The van der Waals surface area contributed by atoms with Gasteiger partial charge in [0.2, 0.25) is 5.91 Å². The molecule has 1 amide bonds. The second-order valence-corrected chi connectivity index (χ2v) is 6.49. The van der Waals surface area contributed by atoms with Crippen LogP contribution >= 0.6 is 11.6 Å². The molecule has 0 saturated carbocycles. The monoisotopic (exact) mass is 371 g/mol. The van der Waals surface area contributed by atoms with E-state index in [2.05, 4.69) is 10.3 Å². The first-order chi connectivity index (χ1) is 12.7. The van der Waals surface area contributed by atoms with Gasteiger partial charge in [-0.1, -0.05) is 29.8 Å². The lowest BCUT2D eigenvalue weighted by Crippen LogP contribution is -2.26. The Balaban J connectivity index is 1.49. The van der Waals surface area contributed by atoms with Gasteiger partial charge in [0.05, 0.1) is 30.6 Å². The number of hydrogen-bond donors (Lipinski definition) is 1. The number of fused-ring (bicyclic) bond motifs is 2. The highest BCUT2D eigenvalue weighted by Gasteiger charge is 2.15. The Bertz CT molecular complexity index is 954. The molecule has 2 heterocycles. The number of carbonyl (C=O) groups excluding carboxylic acids is 1. The van der Waals surface area contributed by atoms with Crippen molar-refractivity contribution in [2.45, 2.75) is 19.5 Å². The highest BCUT2D eigenvalue weighted by atomic mass is 35.5. The van der Waals surface area contributed by atoms with Gasteiger partial charge in [0.15, 0.2) is 11.5 Å². The van der Waals surface area contributed by atoms with E-state index in [1.54, 1.807) is 17.0 Å². The van der Waals surface area contributed by atoms with Crippen molar-refractivity contribution in [3.05, 3.63) is 53.3 Å². The van der Waals surface area contributed by atoms with E-state index in [9.17, 15) is 4.79 Å². The van der Waals surface area contributed by atoms with E-state index in [1.165, 1.54) is 0 Å². The zero-order chi connectivity index (χ0) is 17.9. The van der Waals surface area contributed by atoms with E-state index < -0.39 is 0 Å². The number of nitrogens with one attached hydrogen (secondary N) is 1. The summed E-state index contributed by atoms with van der Waals surface area (Å²) in [4.78, 5) is 16.7. The summed E-state index contributed by atoms with van der Waals surface area (Å²) in [5.74, 6) is 1.27. The highest BCUT2D eigenvalue weighted by Crippen LogP contribution is 2.33. The average molecular weight is 372 g/mol. The van der Waals surface area contributed by atoms with E-state index in [1.807, 2.05) is 30.3 Å². The fraction of sp³-hybridized carbons (Fsp3) is 0.263. The maximum atomic E-state index is 12.3. The molecule has 0 bridgehead atoms. The Morgan fingerprint density at radius 2 is 1.96 bits per heavy atom. The molecule has 1 aliphatic heterocycles. The summed E-state index contributed by atoms with van der Waals surface area (Å²) in [6.07, 6.45) is 2.50. The molecule has 0 saturated heterocycles. The fourth-order valence-corrected chi connectivity index (χ4v) is 3.09. The summed E-state index contributed by atoms with van der Waals surface area (Å²) in [5.41, 5.74) is 2.49. The summed E-state index contributed by atoms with van der Waals surface area (Å²) < 4.78 is 13.2. The van der Waals surface area contributed by atoms with E-state index >= 15 is 0 Å². The van der Waals surface area contributed by atoms with Gasteiger partial charge in [-0.05, 0) is 11.6 Å². The van der Waals surface area contributed by atoms with E-state index in [4.69, 9.17) is 21.1 Å². The molecule has 7 heteroatoms. The minimum Gasteiger partial charge on any atom is -0.489 e. The van der Waals surface area contributed by atoms with Crippen molar-refractivity contribution >= 4 is 28.5 Å². The Morgan fingerprint density at radius 3 is 2.77 bits per heavy atom. The number of halogens is 1. The molecule has 1 aliphatic rings. The van der Waals surface area contributed by atoms with Gasteiger partial charge in [0.25, 0.3) is 0 Å². The first-order valence-electron chi connectivity index (χ1n) is 8.45. The first-order valence-corrected chi connectivity index (χ1v) is 8.83. The van der Waals surface area contributed by atoms with Gasteiger partial charge in [0.1, 0.15) is 6.54 Å². The Hall–Kier alpha value is -2.73. The number of rotatable bonds is 4. The molecular weight excluding hydrogens is 354 g/mol. The van der Waals surface area contributed by atoms with Crippen molar-refractivity contribution in [2.75, 3.05) is 13.2 Å². The van der Waals surface area contributed by atoms with Crippen LogP contribution in [0.5, 0.6) is 11.5 Å². The van der Waals surface area contributed by atoms with Crippen molar-refractivity contribution in [3.63, 3.8) is 0 Å². The number of hydrogen-bond acceptors (Lipinski definition) is 4. The van der Waals surface area contributed by atoms with Crippen LogP contribution in [0, 0.1) is 0 Å². The predicted molar refractivity (Wildman–Crippen MR) is 98.6 cm³/mol. The molecule has 2 aromatic carbocycles. The highest BCUT2D eigenvalue weighted by molar-refractivity contribution is 6.31. The number of nitrogens with zero attached hydrogens (tertiary/aromatic N) is 2. The number of carbonyl (C=O) groups is 1. The number of benzene rings is 2. The molecule has 1 N–H and O–H groups in total. The Morgan fingerprint density at radius 1 is 1.19 bits per heavy atom. The molecule has 4 rings (SSSR count). The van der Waals surface area contributed by atoms with Crippen molar-refractivity contribution in [2.24, 2.45) is 0 Å². The van der Waals surface area contributed by atoms with E-state index in [-0.39, 0.29) is 12.5 Å². The maximum absolute atomic E-state index is 12.3. The third-order valence-corrected chi connectivity index (χ3v) is 4.61. The molecule has 6 nitrogen and oxygen atoms in total. The SMILES string of the molecule is O=C(Cn1cnc2cc3c(cc21)OCCCO3)NCc1ccccc1Cl. The average Bonchev–Trinajstić information content (AvgIpc) is 2.87. The van der Waals surface area contributed by atoms with Crippen LogP contribution in [0.25, 0.3) is 11.0 Å². The van der Waals surface area contributed by atoms with Crippen LogP contribution in [-0.2, 0) is 17.9 Å². The lowest BCUT2D eigenvalue weighted by atomic mass is 10.2. The van der Waals surface area contributed by atoms with Crippen LogP contribution in [0.1, 0.15) is 12.0 Å². The molecule has 1 aromatic heterocycles. The molecule has 0 radical (unpaired) electrons. The van der Waals surface area contributed by atoms with Crippen LogP contribution in [0.4, 0.5) is 0 Å². The maximum Gasteiger partial charge on any atom is 0.240 e. The number of ether oxygens (including phenoxy) is 2. The lowest BCUT2D eigenvalue weighted by molar-refractivity contribution is -0.121. The Kier molecular flexibility index (Phi) is 4.67. The molecule has 0 aliphatic carbocycles. The standard InChI is InChI=1S/C19H18ClN3O3/c20-14-5-2-1-4-13(14)10-21-19(24)11-23-12-22-15-8-17-18(9-16(15)23)26-7-3-6-25-17/h1-2,4-5,8-9,12H,3,6-7,10-11H2,(H,21,24). The van der Waals surface area contributed by atoms with Crippen molar-refractivity contribution in [1.29, 1.82) is 0 Å². The van der Waals surface area contributed by atoms with Crippen LogP contribution in [0.15, 0.2) is 42.7 Å². The van der Waals surface area contributed by atoms with Gasteiger partial charge < -0.3 is 19.4 Å². The molecule has 0 unspecified atom stereocenters. The molecular formula is C19H18ClN3O3. The summed E-state index contributed by atoms with van der Waals surface area (Å²) in [6.45, 7) is 1.80. The van der Waals surface area contributed by atoms with Gasteiger partial charge in [-0.25, -0.2) is 4.98 Å². The quantitative estimate of drug-likeness (QED) is 0.765. The number of aromatic nitrogens is 2. The van der Waals surface area contributed by atoms with Crippen LogP contribution < -0.4 is 14.8 Å².